The van der Waals surface area contributed by atoms with Gasteiger partial charge in [0.2, 0.25) is 0 Å². The number of ether oxygens (including phenoxy) is 2. The summed E-state index contributed by atoms with van der Waals surface area (Å²) in [7, 11) is 3.10. The molecule has 118 valence electrons. The molecule has 0 aliphatic rings. The van der Waals surface area contributed by atoms with Crippen molar-refractivity contribution in [2.45, 2.75) is 6.92 Å². The van der Waals surface area contributed by atoms with Gasteiger partial charge in [-0.1, -0.05) is 30.3 Å². The summed E-state index contributed by atoms with van der Waals surface area (Å²) in [4.78, 5) is 14.8. The van der Waals surface area contributed by atoms with E-state index in [1.54, 1.807) is 20.3 Å². The van der Waals surface area contributed by atoms with Gasteiger partial charge < -0.3 is 19.6 Å². The summed E-state index contributed by atoms with van der Waals surface area (Å²) in [6.45, 7) is 1.94. The molecule has 3 rings (SSSR count). The summed E-state index contributed by atoms with van der Waals surface area (Å²) in [5.74, 6) is 0.0590. The fourth-order valence-corrected chi connectivity index (χ4v) is 2.89. The van der Waals surface area contributed by atoms with Gasteiger partial charge in [0, 0.05) is 22.0 Å². The zero-order valence-corrected chi connectivity index (χ0v) is 13.1. The van der Waals surface area contributed by atoms with E-state index in [9.17, 15) is 9.90 Å². The van der Waals surface area contributed by atoms with E-state index in [2.05, 4.69) is 4.98 Å². The SMILES string of the molecule is COc1cccc(-c2c(C(=O)O)[nH]c3c(C)cccc23)c1OC. The first-order valence-electron chi connectivity index (χ1n) is 7.14. The smallest absolute Gasteiger partial charge is 0.352 e. The molecular formula is C18H17NO4. The maximum Gasteiger partial charge on any atom is 0.352 e. The van der Waals surface area contributed by atoms with Crippen molar-refractivity contribution in [1.29, 1.82) is 0 Å². The van der Waals surface area contributed by atoms with E-state index in [1.807, 2.05) is 37.3 Å². The summed E-state index contributed by atoms with van der Waals surface area (Å²) in [6, 6.07) is 11.2. The van der Waals surface area contributed by atoms with E-state index in [1.165, 1.54) is 0 Å². The van der Waals surface area contributed by atoms with Crippen LogP contribution < -0.4 is 9.47 Å². The van der Waals surface area contributed by atoms with Crippen LogP contribution in [-0.2, 0) is 0 Å². The fourth-order valence-electron chi connectivity index (χ4n) is 2.89. The van der Waals surface area contributed by atoms with E-state index < -0.39 is 5.97 Å². The molecule has 0 saturated heterocycles. The molecule has 2 aromatic carbocycles. The van der Waals surface area contributed by atoms with Gasteiger partial charge in [0.15, 0.2) is 11.5 Å². The van der Waals surface area contributed by atoms with Crippen LogP contribution in [0.25, 0.3) is 22.0 Å². The number of carboxylic acid groups (broad SMARTS) is 1. The van der Waals surface area contributed by atoms with E-state index >= 15 is 0 Å². The number of rotatable bonds is 4. The normalized spacial score (nSPS) is 10.7. The van der Waals surface area contributed by atoms with Crippen LogP contribution in [0.15, 0.2) is 36.4 Å². The number of fused-ring (bicyclic) bond motifs is 1. The number of benzene rings is 2. The molecule has 23 heavy (non-hydrogen) atoms. The summed E-state index contributed by atoms with van der Waals surface area (Å²) in [6.07, 6.45) is 0. The van der Waals surface area contributed by atoms with E-state index in [0.29, 0.717) is 22.6 Å². The number of carboxylic acids is 1. The minimum Gasteiger partial charge on any atom is -0.493 e. The number of hydrogen-bond acceptors (Lipinski definition) is 3. The van der Waals surface area contributed by atoms with Crippen molar-refractivity contribution in [3.8, 4) is 22.6 Å². The van der Waals surface area contributed by atoms with Crippen LogP contribution in [0.3, 0.4) is 0 Å². The first kappa shape index (κ1) is 15.0. The van der Waals surface area contributed by atoms with Gasteiger partial charge in [-0.3, -0.25) is 0 Å². The van der Waals surface area contributed by atoms with Crippen LogP contribution >= 0.6 is 0 Å². The number of para-hydroxylation sites is 2. The molecule has 0 atom stereocenters. The molecule has 5 nitrogen and oxygen atoms in total. The minimum absolute atomic E-state index is 0.140. The number of methoxy groups -OCH3 is 2. The average Bonchev–Trinajstić information content (AvgIpc) is 2.95. The molecule has 2 N–H and O–H groups in total. The first-order chi connectivity index (χ1) is 11.1. The number of hydrogen-bond donors (Lipinski definition) is 2. The van der Waals surface area contributed by atoms with Gasteiger partial charge in [-0.25, -0.2) is 4.79 Å². The molecule has 0 bridgehead atoms. The van der Waals surface area contributed by atoms with Crippen LogP contribution in [0, 0.1) is 6.92 Å². The summed E-state index contributed by atoms with van der Waals surface area (Å²) < 4.78 is 10.8. The third kappa shape index (κ3) is 2.30. The lowest BCUT2D eigenvalue weighted by molar-refractivity contribution is 0.0692. The van der Waals surface area contributed by atoms with Crippen LogP contribution in [0.2, 0.25) is 0 Å². The molecule has 0 aliphatic heterocycles. The predicted octanol–water partition coefficient (Wildman–Crippen LogP) is 3.86. The standard InChI is InChI=1S/C18H17NO4/c1-10-6-4-7-11-14(16(18(20)21)19-15(10)11)12-8-5-9-13(22-2)17(12)23-3/h4-9,19H,1-3H3,(H,20,21). The van der Waals surface area contributed by atoms with Crippen LogP contribution in [0.4, 0.5) is 0 Å². The lowest BCUT2D eigenvalue weighted by atomic mass is 9.99. The number of H-pyrrole nitrogens is 1. The molecule has 5 heteroatoms. The summed E-state index contributed by atoms with van der Waals surface area (Å²) >= 11 is 0. The van der Waals surface area contributed by atoms with Crippen molar-refractivity contribution in [1.82, 2.24) is 4.98 Å². The number of aromatic carboxylic acids is 1. The van der Waals surface area contributed by atoms with Crippen molar-refractivity contribution in [3.05, 3.63) is 47.7 Å². The minimum atomic E-state index is -1.01. The third-order valence-electron chi connectivity index (χ3n) is 3.93. The van der Waals surface area contributed by atoms with Gasteiger partial charge in [-0.2, -0.15) is 0 Å². The largest absolute Gasteiger partial charge is 0.493 e. The number of nitrogens with one attached hydrogen (secondary N) is 1. The Morgan fingerprint density at radius 2 is 1.83 bits per heavy atom. The first-order valence-corrected chi connectivity index (χ1v) is 7.14. The van der Waals surface area contributed by atoms with Crippen LogP contribution in [-0.4, -0.2) is 30.3 Å². The van der Waals surface area contributed by atoms with E-state index in [4.69, 9.17) is 9.47 Å². The highest BCUT2D eigenvalue weighted by Gasteiger charge is 2.23. The highest BCUT2D eigenvalue weighted by Crippen LogP contribution is 2.42. The van der Waals surface area contributed by atoms with Crippen molar-refractivity contribution in [3.63, 3.8) is 0 Å². The predicted molar refractivity (Wildman–Crippen MR) is 88.5 cm³/mol. The molecule has 0 radical (unpaired) electrons. The van der Waals surface area contributed by atoms with Crippen molar-refractivity contribution < 1.29 is 19.4 Å². The van der Waals surface area contributed by atoms with Crippen LogP contribution in [0.5, 0.6) is 11.5 Å². The highest BCUT2D eigenvalue weighted by atomic mass is 16.5. The average molecular weight is 311 g/mol. The Bertz CT molecular complexity index is 895. The second-order valence-electron chi connectivity index (χ2n) is 5.22. The second-order valence-corrected chi connectivity index (χ2v) is 5.22. The Balaban J connectivity index is 2.43. The Labute approximate surface area is 133 Å². The second kappa shape index (κ2) is 5.68. The van der Waals surface area contributed by atoms with Crippen molar-refractivity contribution in [2.75, 3.05) is 14.2 Å². The fraction of sp³-hybridized carbons (Fsp3) is 0.167. The molecule has 3 aromatic rings. The Kier molecular flexibility index (Phi) is 3.70. The van der Waals surface area contributed by atoms with E-state index in [0.717, 1.165) is 16.5 Å². The molecular weight excluding hydrogens is 294 g/mol. The molecule has 0 unspecified atom stereocenters. The molecule has 0 aliphatic carbocycles. The lowest BCUT2D eigenvalue weighted by Crippen LogP contribution is -2.00. The van der Waals surface area contributed by atoms with Gasteiger partial charge in [-0.05, 0) is 18.6 Å². The van der Waals surface area contributed by atoms with Gasteiger partial charge >= 0.3 is 5.97 Å². The monoisotopic (exact) mass is 311 g/mol. The maximum atomic E-state index is 11.7. The van der Waals surface area contributed by atoms with Gasteiger partial charge in [0.05, 0.1) is 14.2 Å². The van der Waals surface area contributed by atoms with Crippen LogP contribution in [0.1, 0.15) is 16.1 Å². The molecule has 0 spiro atoms. The van der Waals surface area contributed by atoms with Gasteiger partial charge in [0.1, 0.15) is 5.69 Å². The zero-order valence-electron chi connectivity index (χ0n) is 13.1. The molecule has 1 heterocycles. The topological polar surface area (TPSA) is 71.5 Å². The molecule has 1 aromatic heterocycles. The zero-order chi connectivity index (χ0) is 16.6. The third-order valence-corrected chi connectivity index (χ3v) is 3.93. The van der Waals surface area contributed by atoms with Crippen molar-refractivity contribution >= 4 is 16.9 Å². The summed E-state index contributed by atoms with van der Waals surface area (Å²) in [5.41, 5.74) is 3.22. The Morgan fingerprint density at radius 3 is 2.48 bits per heavy atom. The number of aromatic nitrogens is 1. The molecule has 0 fully saturated rings. The Morgan fingerprint density at radius 1 is 1.09 bits per heavy atom. The maximum absolute atomic E-state index is 11.7. The van der Waals surface area contributed by atoms with Gasteiger partial charge in [-0.15, -0.1) is 0 Å². The molecule has 0 amide bonds. The van der Waals surface area contributed by atoms with E-state index in [-0.39, 0.29) is 5.69 Å². The highest BCUT2D eigenvalue weighted by molar-refractivity contribution is 6.09. The number of aromatic amines is 1. The quantitative estimate of drug-likeness (QED) is 0.767. The number of carbonyl (C=O) groups is 1. The summed E-state index contributed by atoms with van der Waals surface area (Å²) in [5, 5.41) is 10.4. The number of aryl methyl sites for hydroxylation is 1. The van der Waals surface area contributed by atoms with Crippen molar-refractivity contribution in [2.24, 2.45) is 0 Å². The molecule has 0 saturated carbocycles. The Hall–Kier alpha value is -2.95. The van der Waals surface area contributed by atoms with Gasteiger partial charge in [0.25, 0.3) is 0 Å². The lowest BCUT2D eigenvalue weighted by Gasteiger charge is -2.13.